The molecule has 1 aromatic carbocycles. The average molecular weight is 258 g/mol. The Morgan fingerprint density at radius 2 is 1.95 bits per heavy atom. The summed E-state index contributed by atoms with van der Waals surface area (Å²) in [5, 5.41) is 9.19. The van der Waals surface area contributed by atoms with Crippen molar-refractivity contribution in [3.05, 3.63) is 29.6 Å². The molecule has 100 valence electrons. The van der Waals surface area contributed by atoms with E-state index in [1.54, 1.807) is 6.07 Å². The van der Waals surface area contributed by atoms with Crippen molar-refractivity contribution < 1.29 is 4.39 Å². The predicted molar refractivity (Wildman–Crippen MR) is 73.4 cm³/mol. The highest BCUT2D eigenvalue weighted by molar-refractivity contribution is 5.61. The first-order chi connectivity index (χ1) is 9.31. The van der Waals surface area contributed by atoms with E-state index in [1.165, 1.54) is 38.2 Å². The van der Waals surface area contributed by atoms with Gasteiger partial charge in [-0.2, -0.15) is 5.26 Å². The zero-order valence-electron chi connectivity index (χ0n) is 11.1. The van der Waals surface area contributed by atoms with Gasteiger partial charge >= 0.3 is 0 Å². The lowest BCUT2D eigenvalue weighted by molar-refractivity contribution is 0.430. The molecule has 3 rings (SSSR count). The molecule has 2 aliphatic rings. The fraction of sp³-hybridized carbons (Fsp3) is 0.562. The second-order valence-electron chi connectivity index (χ2n) is 5.69. The monoisotopic (exact) mass is 258 g/mol. The highest BCUT2D eigenvalue weighted by atomic mass is 19.1. The van der Waals surface area contributed by atoms with Gasteiger partial charge in [0.25, 0.3) is 0 Å². The van der Waals surface area contributed by atoms with E-state index < -0.39 is 5.82 Å². The fourth-order valence-corrected chi connectivity index (χ4v) is 3.79. The van der Waals surface area contributed by atoms with Crippen LogP contribution >= 0.6 is 0 Å². The molecule has 1 saturated heterocycles. The zero-order valence-corrected chi connectivity index (χ0v) is 11.1. The Morgan fingerprint density at radius 1 is 1.16 bits per heavy atom. The SMILES string of the molecule is N#Cc1c(F)cccc1N1CCCC1C1CCCC1. The van der Waals surface area contributed by atoms with Crippen LogP contribution in [-0.4, -0.2) is 12.6 Å². The number of hydrogen-bond donors (Lipinski definition) is 0. The van der Waals surface area contributed by atoms with Crippen LogP contribution in [0.3, 0.4) is 0 Å². The lowest BCUT2D eigenvalue weighted by Gasteiger charge is -2.32. The van der Waals surface area contributed by atoms with Crippen LogP contribution in [0.4, 0.5) is 10.1 Å². The van der Waals surface area contributed by atoms with Crippen molar-refractivity contribution in [1.29, 1.82) is 5.26 Å². The Balaban J connectivity index is 1.92. The van der Waals surface area contributed by atoms with E-state index in [2.05, 4.69) is 4.90 Å². The van der Waals surface area contributed by atoms with E-state index >= 15 is 0 Å². The van der Waals surface area contributed by atoms with Gasteiger partial charge in [-0.05, 0) is 43.7 Å². The molecule has 3 heteroatoms. The minimum Gasteiger partial charge on any atom is -0.367 e. The van der Waals surface area contributed by atoms with Crippen LogP contribution < -0.4 is 4.90 Å². The van der Waals surface area contributed by atoms with Gasteiger partial charge in [-0.25, -0.2) is 4.39 Å². The van der Waals surface area contributed by atoms with Crippen LogP contribution in [0.5, 0.6) is 0 Å². The highest BCUT2D eigenvalue weighted by Crippen LogP contribution is 2.38. The zero-order chi connectivity index (χ0) is 13.2. The minimum atomic E-state index is -0.392. The maximum Gasteiger partial charge on any atom is 0.143 e. The molecule has 0 amide bonds. The third kappa shape index (κ3) is 2.20. The Bertz CT molecular complexity index is 500. The third-order valence-electron chi connectivity index (χ3n) is 4.66. The molecular formula is C16H19FN2. The van der Waals surface area contributed by atoms with Gasteiger partial charge in [-0.15, -0.1) is 0 Å². The van der Waals surface area contributed by atoms with Gasteiger partial charge < -0.3 is 4.90 Å². The molecule has 2 nitrogen and oxygen atoms in total. The molecule has 0 spiro atoms. The molecule has 1 saturated carbocycles. The third-order valence-corrected chi connectivity index (χ3v) is 4.66. The van der Waals surface area contributed by atoms with E-state index in [0.717, 1.165) is 24.6 Å². The van der Waals surface area contributed by atoms with E-state index in [1.807, 2.05) is 12.1 Å². The predicted octanol–water partition coefficient (Wildman–Crippen LogP) is 3.86. The van der Waals surface area contributed by atoms with Gasteiger partial charge in [0.05, 0.1) is 5.69 Å². The van der Waals surface area contributed by atoms with Crippen LogP contribution in [0.1, 0.15) is 44.1 Å². The highest BCUT2D eigenvalue weighted by Gasteiger charge is 2.34. The Hall–Kier alpha value is -1.56. The molecule has 19 heavy (non-hydrogen) atoms. The van der Waals surface area contributed by atoms with E-state index in [-0.39, 0.29) is 5.56 Å². The van der Waals surface area contributed by atoms with Gasteiger partial charge in [-0.3, -0.25) is 0 Å². The standard InChI is InChI=1S/C16H19FN2/c17-14-7-3-8-16(13(14)11-18)19-10-4-9-15(19)12-5-1-2-6-12/h3,7-8,12,15H,1-2,4-6,9-10H2. The maximum atomic E-state index is 13.8. The average Bonchev–Trinajstić information content (AvgIpc) is 3.09. The number of benzene rings is 1. The quantitative estimate of drug-likeness (QED) is 0.805. The van der Waals surface area contributed by atoms with E-state index in [4.69, 9.17) is 0 Å². The molecule has 1 heterocycles. The molecular weight excluding hydrogens is 239 g/mol. The van der Waals surface area contributed by atoms with Gasteiger partial charge in [-0.1, -0.05) is 18.9 Å². The summed E-state index contributed by atoms with van der Waals surface area (Å²) in [6.07, 6.45) is 7.57. The summed E-state index contributed by atoms with van der Waals surface area (Å²) < 4.78 is 13.8. The van der Waals surface area contributed by atoms with Crippen molar-refractivity contribution in [2.45, 2.75) is 44.6 Å². The van der Waals surface area contributed by atoms with Crippen molar-refractivity contribution in [3.8, 4) is 6.07 Å². The Morgan fingerprint density at radius 3 is 2.68 bits per heavy atom. The molecule has 0 bridgehead atoms. The van der Waals surface area contributed by atoms with Gasteiger partial charge in [0.1, 0.15) is 17.4 Å². The van der Waals surface area contributed by atoms with Crippen LogP contribution in [0, 0.1) is 23.1 Å². The van der Waals surface area contributed by atoms with E-state index in [9.17, 15) is 9.65 Å². The smallest absolute Gasteiger partial charge is 0.143 e. The van der Waals surface area contributed by atoms with E-state index in [0.29, 0.717) is 6.04 Å². The number of rotatable bonds is 2. The fourth-order valence-electron chi connectivity index (χ4n) is 3.79. The second-order valence-corrected chi connectivity index (χ2v) is 5.69. The van der Waals surface area contributed by atoms with Crippen molar-refractivity contribution in [2.24, 2.45) is 5.92 Å². The van der Waals surface area contributed by atoms with Crippen molar-refractivity contribution in [2.75, 3.05) is 11.4 Å². The lowest BCUT2D eigenvalue weighted by Crippen LogP contribution is -2.35. The first-order valence-electron chi connectivity index (χ1n) is 7.26. The summed E-state index contributed by atoms with van der Waals surface area (Å²) in [6.45, 7) is 0.958. The molecule has 0 radical (unpaired) electrons. The molecule has 1 aromatic rings. The first kappa shape index (κ1) is 12.5. The van der Waals surface area contributed by atoms with Crippen molar-refractivity contribution >= 4 is 5.69 Å². The summed E-state index contributed by atoms with van der Waals surface area (Å²) in [4.78, 5) is 2.29. The number of nitriles is 1. The number of hydrogen-bond acceptors (Lipinski definition) is 2. The summed E-state index contributed by atoms with van der Waals surface area (Å²) in [7, 11) is 0. The molecule has 1 atom stereocenters. The molecule has 1 aliphatic carbocycles. The topological polar surface area (TPSA) is 27.0 Å². The lowest BCUT2D eigenvalue weighted by atomic mass is 9.95. The van der Waals surface area contributed by atoms with Gasteiger partial charge in [0.15, 0.2) is 0 Å². The number of nitrogens with zero attached hydrogens (tertiary/aromatic N) is 2. The van der Waals surface area contributed by atoms with Gasteiger partial charge in [0, 0.05) is 12.6 Å². The van der Waals surface area contributed by atoms with Gasteiger partial charge in [0.2, 0.25) is 0 Å². The van der Waals surface area contributed by atoms with Crippen LogP contribution in [0.2, 0.25) is 0 Å². The maximum absolute atomic E-state index is 13.8. The molecule has 0 aromatic heterocycles. The first-order valence-corrected chi connectivity index (χ1v) is 7.26. The molecule has 1 aliphatic heterocycles. The summed E-state index contributed by atoms with van der Waals surface area (Å²) >= 11 is 0. The summed E-state index contributed by atoms with van der Waals surface area (Å²) in [6, 6.07) is 7.54. The normalized spacial score (nSPS) is 23.8. The van der Waals surface area contributed by atoms with Crippen LogP contribution in [0.25, 0.3) is 0 Å². The largest absolute Gasteiger partial charge is 0.367 e. The second kappa shape index (κ2) is 5.21. The number of anilines is 1. The Kier molecular flexibility index (Phi) is 3.42. The number of halogens is 1. The van der Waals surface area contributed by atoms with Crippen molar-refractivity contribution in [3.63, 3.8) is 0 Å². The molecule has 1 unspecified atom stereocenters. The minimum absolute atomic E-state index is 0.215. The van der Waals surface area contributed by atoms with Crippen LogP contribution in [0.15, 0.2) is 18.2 Å². The summed E-state index contributed by atoms with van der Waals surface area (Å²) in [5.41, 5.74) is 1.02. The molecule has 2 fully saturated rings. The van der Waals surface area contributed by atoms with Crippen molar-refractivity contribution in [1.82, 2.24) is 0 Å². The summed E-state index contributed by atoms with van der Waals surface area (Å²) in [5.74, 6) is 0.342. The molecule has 0 N–H and O–H groups in total. The Labute approximate surface area is 113 Å². The van der Waals surface area contributed by atoms with Crippen LogP contribution in [-0.2, 0) is 0 Å².